The number of hydrogen-bond acceptors (Lipinski definition) is 4. The maximum Gasteiger partial charge on any atom is 0.397 e. The molecule has 4 nitrogen and oxygen atoms in total. The number of benzene rings is 1. The minimum atomic E-state index is -1.15. The normalized spacial score (nSPS) is 9.31. The van der Waals surface area contributed by atoms with Crippen molar-refractivity contribution in [1.82, 2.24) is 0 Å². The minimum absolute atomic E-state index is 0.00999. The predicted molar refractivity (Wildman–Crippen MR) is 44.4 cm³/mol. The Bertz CT molecular complexity index is 331. The fraction of sp³-hybridized carbons (Fsp3) is 0. The van der Waals surface area contributed by atoms with Crippen LogP contribution in [0.3, 0.4) is 0 Å². The zero-order valence-corrected chi connectivity index (χ0v) is 7.12. The number of phenols is 1. The SMILES string of the molecule is O=C(OCl)C(=O)c1ccc(O)cc1. The van der Waals surface area contributed by atoms with Gasteiger partial charge >= 0.3 is 5.97 Å². The first-order valence-electron chi connectivity index (χ1n) is 3.31. The van der Waals surface area contributed by atoms with Gasteiger partial charge in [-0.3, -0.25) is 4.79 Å². The summed E-state index contributed by atoms with van der Waals surface area (Å²) >= 11 is 4.71. The van der Waals surface area contributed by atoms with Crippen LogP contribution < -0.4 is 0 Å². The van der Waals surface area contributed by atoms with Crippen molar-refractivity contribution >= 4 is 23.6 Å². The van der Waals surface area contributed by atoms with Crippen LogP contribution >= 0.6 is 11.9 Å². The summed E-state index contributed by atoms with van der Waals surface area (Å²) < 4.78 is 3.72. The number of carbonyl (C=O) groups is 2. The van der Waals surface area contributed by atoms with E-state index in [4.69, 9.17) is 17.0 Å². The molecule has 0 aromatic heterocycles. The van der Waals surface area contributed by atoms with Crippen molar-refractivity contribution in [2.24, 2.45) is 0 Å². The van der Waals surface area contributed by atoms with Gasteiger partial charge in [-0.2, -0.15) is 0 Å². The van der Waals surface area contributed by atoms with E-state index in [2.05, 4.69) is 4.29 Å². The second-order valence-electron chi connectivity index (χ2n) is 2.24. The quantitative estimate of drug-likeness (QED) is 0.577. The number of ketones is 1. The maximum atomic E-state index is 11.0. The van der Waals surface area contributed by atoms with Crippen LogP contribution in [0.4, 0.5) is 0 Å². The molecule has 0 fully saturated rings. The van der Waals surface area contributed by atoms with Crippen molar-refractivity contribution in [2.75, 3.05) is 0 Å². The molecule has 68 valence electrons. The topological polar surface area (TPSA) is 63.6 Å². The first-order chi connectivity index (χ1) is 6.15. The number of carbonyl (C=O) groups excluding carboxylic acids is 2. The van der Waals surface area contributed by atoms with Gasteiger partial charge in [-0.25, -0.2) is 4.79 Å². The van der Waals surface area contributed by atoms with Crippen LogP contribution in [0.5, 0.6) is 5.75 Å². The highest BCUT2D eigenvalue weighted by molar-refractivity contribution is 6.43. The van der Waals surface area contributed by atoms with Crippen LogP contribution in [0.1, 0.15) is 10.4 Å². The summed E-state index contributed by atoms with van der Waals surface area (Å²) in [5.74, 6) is -1.99. The van der Waals surface area contributed by atoms with Crippen molar-refractivity contribution in [1.29, 1.82) is 0 Å². The summed E-state index contributed by atoms with van der Waals surface area (Å²) in [6.45, 7) is 0. The van der Waals surface area contributed by atoms with Gasteiger partial charge in [0, 0.05) is 5.56 Å². The lowest BCUT2D eigenvalue weighted by Crippen LogP contribution is -2.13. The molecule has 1 rings (SSSR count). The van der Waals surface area contributed by atoms with Gasteiger partial charge in [0.05, 0.1) is 0 Å². The fourth-order valence-electron chi connectivity index (χ4n) is 0.766. The molecule has 0 saturated carbocycles. The van der Waals surface area contributed by atoms with E-state index in [9.17, 15) is 9.59 Å². The standard InChI is InChI=1S/C8H5ClO4/c9-13-8(12)7(11)5-1-3-6(10)4-2-5/h1-4,10H. The predicted octanol–water partition coefficient (Wildman–Crippen LogP) is 1.27. The molecule has 0 amide bonds. The number of aromatic hydroxyl groups is 1. The maximum absolute atomic E-state index is 11.0. The average Bonchev–Trinajstić information content (AvgIpc) is 2.17. The van der Waals surface area contributed by atoms with E-state index in [1.807, 2.05) is 0 Å². The number of Topliss-reactive ketones (excluding diaryl/α,β-unsaturated/α-hetero) is 1. The summed E-state index contributed by atoms with van der Waals surface area (Å²) in [7, 11) is 0. The lowest BCUT2D eigenvalue weighted by molar-refractivity contribution is -0.128. The van der Waals surface area contributed by atoms with Crippen LogP contribution in [0.2, 0.25) is 0 Å². The third-order valence-corrected chi connectivity index (χ3v) is 1.53. The van der Waals surface area contributed by atoms with Crippen molar-refractivity contribution in [3.05, 3.63) is 29.8 Å². The molecule has 0 aliphatic rings. The first-order valence-corrected chi connectivity index (χ1v) is 3.62. The van der Waals surface area contributed by atoms with Gasteiger partial charge in [0.2, 0.25) is 0 Å². The Labute approximate surface area is 78.9 Å². The molecule has 0 radical (unpaired) electrons. The molecular weight excluding hydrogens is 196 g/mol. The van der Waals surface area contributed by atoms with Gasteiger partial charge in [-0.05, 0) is 24.3 Å². The number of rotatable bonds is 2. The average molecular weight is 201 g/mol. The molecule has 0 unspecified atom stereocenters. The third kappa shape index (κ3) is 2.19. The van der Waals surface area contributed by atoms with E-state index in [0.29, 0.717) is 0 Å². The molecule has 0 heterocycles. The molecule has 0 bridgehead atoms. The highest BCUT2D eigenvalue weighted by Gasteiger charge is 2.17. The summed E-state index contributed by atoms with van der Waals surface area (Å²) in [4.78, 5) is 21.7. The molecule has 0 atom stereocenters. The van der Waals surface area contributed by atoms with Gasteiger partial charge in [0.25, 0.3) is 5.78 Å². The van der Waals surface area contributed by atoms with E-state index in [1.54, 1.807) is 0 Å². The van der Waals surface area contributed by atoms with Crippen LogP contribution in [0, 0.1) is 0 Å². The van der Waals surface area contributed by atoms with Gasteiger partial charge in [-0.15, -0.1) is 0 Å². The van der Waals surface area contributed by atoms with Crippen molar-refractivity contribution < 1.29 is 19.0 Å². The van der Waals surface area contributed by atoms with Crippen LogP contribution in [-0.4, -0.2) is 16.9 Å². The Kier molecular flexibility index (Phi) is 2.87. The summed E-state index contributed by atoms with van der Waals surface area (Å²) in [6, 6.07) is 5.17. The van der Waals surface area contributed by atoms with Gasteiger partial charge in [0.15, 0.2) is 0 Å². The number of halogens is 1. The molecule has 0 aliphatic carbocycles. The third-order valence-electron chi connectivity index (χ3n) is 1.38. The summed E-state index contributed by atoms with van der Waals surface area (Å²) in [5, 5.41) is 8.88. The Morgan fingerprint density at radius 3 is 2.23 bits per heavy atom. The molecule has 1 aromatic carbocycles. The first kappa shape index (κ1) is 9.54. The number of hydrogen-bond donors (Lipinski definition) is 1. The van der Waals surface area contributed by atoms with Gasteiger partial charge < -0.3 is 9.40 Å². The van der Waals surface area contributed by atoms with Gasteiger partial charge in [-0.1, -0.05) is 0 Å². The van der Waals surface area contributed by atoms with Gasteiger partial charge in [0.1, 0.15) is 17.6 Å². The highest BCUT2D eigenvalue weighted by atomic mass is 35.5. The molecule has 1 N–H and O–H groups in total. The second kappa shape index (κ2) is 3.91. The molecule has 0 saturated heterocycles. The van der Waals surface area contributed by atoms with Crippen molar-refractivity contribution in [2.45, 2.75) is 0 Å². The molecular formula is C8H5ClO4. The van der Waals surface area contributed by atoms with Crippen molar-refractivity contribution in [3.63, 3.8) is 0 Å². The number of phenolic OH excluding ortho intramolecular Hbond substituents is 1. The van der Waals surface area contributed by atoms with E-state index >= 15 is 0 Å². The zero-order chi connectivity index (χ0) is 9.84. The van der Waals surface area contributed by atoms with E-state index in [1.165, 1.54) is 24.3 Å². The fourth-order valence-corrected chi connectivity index (χ4v) is 0.836. The van der Waals surface area contributed by atoms with E-state index in [-0.39, 0.29) is 11.3 Å². The Morgan fingerprint density at radius 1 is 1.23 bits per heavy atom. The lowest BCUT2D eigenvalue weighted by Gasteiger charge is -1.96. The smallest absolute Gasteiger partial charge is 0.397 e. The molecule has 0 aliphatic heterocycles. The second-order valence-corrected chi connectivity index (χ2v) is 2.39. The van der Waals surface area contributed by atoms with Crippen LogP contribution in [0.25, 0.3) is 0 Å². The molecule has 13 heavy (non-hydrogen) atoms. The van der Waals surface area contributed by atoms with E-state index in [0.717, 1.165) is 0 Å². The lowest BCUT2D eigenvalue weighted by atomic mass is 10.1. The molecule has 1 aromatic rings. The van der Waals surface area contributed by atoms with E-state index < -0.39 is 11.8 Å². The largest absolute Gasteiger partial charge is 0.508 e. The highest BCUT2D eigenvalue weighted by Crippen LogP contribution is 2.10. The Hall–Kier alpha value is -1.55. The Morgan fingerprint density at radius 2 is 1.77 bits per heavy atom. The van der Waals surface area contributed by atoms with Crippen LogP contribution in [-0.2, 0) is 9.08 Å². The monoisotopic (exact) mass is 200 g/mol. The van der Waals surface area contributed by atoms with Crippen LogP contribution in [0.15, 0.2) is 24.3 Å². The molecule has 0 spiro atoms. The van der Waals surface area contributed by atoms with Crippen molar-refractivity contribution in [3.8, 4) is 5.75 Å². The summed E-state index contributed by atoms with van der Waals surface area (Å²) in [6.07, 6.45) is 0. The zero-order valence-electron chi connectivity index (χ0n) is 6.36. The minimum Gasteiger partial charge on any atom is -0.508 e. The molecule has 5 heteroatoms. The Balaban J connectivity index is 2.90. The summed E-state index contributed by atoms with van der Waals surface area (Å²) in [5.41, 5.74) is 0.114.